The average molecular weight is 452 g/mol. The van der Waals surface area contributed by atoms with Gasteiger partial charge in [0.25, 0.3) is 5.91 Å². The molecule has 0 fully saturated rings. The second-order valence-electron chi connectivity index (χ2n) is 9.28. The quantitative estimate of drug-likeness (QED) is 0.594. The molecule has 1 aliphatic rings. The van der Waals surface area contributed by atoms with Crippen LogP contribution in [0.1, 0.15) is 53.8 Å². The van der Waals surface area contributed by atoms with Gasteiger partial charge in [0.15, 0.2) is 5.69 Å². The maximum Gasteiger partial charge on any atom is 0.274 e. The van der Waals surface area contributed by atoms with Gasteiger partial charge in [0.05, 0.1) is 24.3 Å². The van der Waals surface area contributed by atoms with Crippen LogP contribution in [-0.2, 0) is 30.8 Å². The van der Waals surface area contributed by atoms with E-state index in [1.165, 1.54) is 11.3 Å². The van der Waals surface area contributed by atoms with Crippen LogP contribution in [0.2, 0.25) is 0 Å². The van der Waals surface area contributed by atoms with Crippen molar-refractivity contribution in [3.8, 4) is 0 Å². The van der Waals surface area contributed by atoms with Gasteiger partial charge in [-0.15, -0.1) is 11.3 Å². The average Bonchev–Trinajstić information content (AvgIpc) is 3.40. The lowest BCUT2D eigenvalue weighted by atomic mass is 9.93. The molecule has 0 aliphatic carbocycles. The molecule has 0 saturated heterocycles. The summed E-state index contributed by atoms with van der Waals surface area (Å²) in [6.07, 6.45) is 0.681. The molecule has 1 aromatic carbocycles. The van der Waals surface area contributed by atoms with E-state index in [1.54, 1.807) is 17.5 Å². The lowest BCUT2D eigenvalue weighted by Gasteiger charge is -2.33. The summed E-state index contributed by atoms with van der Waals surface area (Å²) in [5.41, 5.74) is 5.61. The molecular weight excluding hydrogens is 422 g/mol. The highest BCUT2D eigenvalue weighted by Crippen LogP contribution is 2.28. The molecule has 8 heteroatoms. The molecule has 0 saturated carbocycles. The first kappa shape index (κ1) is 22.2. The summed E-state index contributed by atoms with van der Waals surface area (Å²) in [6, 6.07) is 10.1. The number of hydrogen-bond donors (Lipinski definition) is 0. The van der Waals surface area contributed by atoms with Crippen LogP contribution in [-0.4, -0.2) is 50.0 Å². The highest BCUT2D eigenvalue weighted by molar-refractivity contribution is 7.07. The van der Waals surface area contributed by atoms with Gasteiger partial charge in [-0.2, -0.15) is 5.10 Å². The largest absolute Gasteiger partial charge is 0.337 e. The first-order valence-corrected chi connectivity index (χ1v) is 11.7. The number of thiazole rings is 1. The van der Waals surface area contributed by atoms with E-state index >= 15 is 0 Å². The number of amides is 2. The molecule has 0 radical (unpaired) electrons. The molecule has 32 heavy (non-hydrogen) atoms. The summed E-state index contributed by atoms with van der Waals surface area (Å²) < 4.78 is 1.94. The number of rotatable bonds is 5. The molecule has 3 aromatic rings. The first-order valence-electron chi connectivity index (χ1n) is 10.8. The van der Waals surface area contributed by atoms with Crippen LogP contribution < -0.4 is 0 Å². The maximum atomic E-state index is 13.4. The molecule has 3 heterocycles. The van der Waals surface area contributed by atoms with Crippen molar-refractivity contribution in [2.24, 2.45) is 5.41 Å². The second kappa shape index (κ2) is 8.86. The van der Waals surface area contributed by atoms with Gasteiger partial charge in [-0.1, -0.05) is 51.1 Å². The molecule has 7 nitrogen and oxygen atoms in total. The standard InChI is InChI=1S/C24H29N5O2S/c1-24(2,3)23(31)28-11-10-20-19(14-28)21(22(30)27(4)13-18-15-32-16-25-18)26-29(20)12-17-8-6-5-7-9-17/h5-9,15-16H,10-14H2,1-4H3. The number of carbonyl (C=O) groups is 2. The molecule has 4 rings (SSSR count). The lowest BCUT2D eigenvalue weighted by molar-refractivity contribution is -0.140. The molecule has 0 bridgehead atoms. The zero-order valence-corrected chi connectivity index (χ0v) is 19.9. The minimum absolute atomic E-state index is 0.0909. The summed E-state index contributed by atoms with van der Waals surface area (Å²) in [6.45, 7) is 7.84. The Bertz CT molecular complexity index is 1100. The third-order valence-corrected chi connectivity index (χ3v) is 6.31. The Morgan fingerprint density at radius 3 is 2.59 bits per heavy atom. The lowest BCUT2D eigenvalue weighted by Crippen LogP contribution is -2.43. The Hall–Kier alpha value is -3.00. The monoisotopic (exact) mass is 451 g/mol. The number of aromatic nitrogens is 3. The van der Waals surface area contributed by atoms with E-state index in [2.05, 4.69) is 17.1 Å². The molecule has 0 unspecified atom stereocenters. The Morgan fingerprint density at radius 2 is 1.94 bits per heavy atom. The number of fused-ring (bicyclic) bond motifs is 1. The van der Waals surface area contributed by atoms with E-state index in [4.69, 9.17) is 5.10 Å². The summed E-state index contributed by atoms with van der Waals surface area (Å²) in [4.78, 5) is 34.1. The number of carbonyl (C=O) groups excluding carboxylic acids is 2. The molecular formula is C24H29N5O2S. The van der Waals surface area contributed by atoms with Gasteiger partial charge in [-0.05, 0) is 5.56 Å². The minimum Gasteiger partial charge on any atom is -0.337 e. The second-order valence-corrected chi connectivity index (χ2v) is 10.0. The van der Waals surface area contributed by atoms with Gasteiger partial charge in [0.2, 0.25) is 5.91 Å². The van der Waals surface area contributed by atoms with Crippen molar-refractivity contribution in [1.82, 2.24) is 24.6 Å². The normalized spacial score (nSPS) is 13.7. The van der Waals surface area contributed by atoms with Crippen molar-refractivity contribution < 1.29 is 9.59 Å². The maximum absolute atomic E-state index is 13.4. The molecule has 2 aromatic heterocycles. The van der Waals surface area contributed by atoms with Crippen molar-refractivity contribution in [2.75, 3.05) is 13.6 Å². The van der Waals surface area contributed by atoms with Crippen molar-refractivity contribution in [3.05, 3.63) is 69.4 Å². The van der Waals surface area contributed by atoms with Crippen LogP contribution in [0, 0.1) is 5.41 Å². The molecule has 168 valence electrons. The van der Waals surface area contributed by atoms with E-state index < -0.39 is 5.41 Å². The van der Waals surface area contributed by atoms with E-state index in [-0.39, 0.29) is 11.8 Å². The summed E-state index contributed by atoms with van der Waals surface area (Å²) in [5, 5.41) is 6.70. The number of benzene rings is 1. The zero-order valence-electron chi connectivity index (χ0n) is 19.0. The molecule has 0 atom stereocenters. The van der Waals surface area contributed by atoms with Gasteiger partial charge in [0, 0.05) is 48.6 Å². The van der Waals surface area contributed by atoms with Crippen molar-refractivity contribution >= 4 is 23.2 Å². The van der Waals surface area contributed by atoms with Crippen molar-refractivity contribution in [3.63, 3.8) is 0 Å². The predicted octanol–water partition coefficient (Wildman–Crippen LogP) is 3.59. The highest BCUT2D eigenvalue weighted by Gasteiger charge is 2.34. The Balaban J connectivity index is 1.67. The number of hydrogen-bond acceptors (Lipinski definition) is 5. The summed E-state index contributed by atoms with van der Waals surface area (Å²) >= 11 is 1.51. The molecule has 0 spiro atoms. The third kappa shape index (κ3) is 4.60. The van der Waals surface area contributed by atoms with Gasteiger partial charge in [-0.3, -0.25) is 14.3 Å². The smallest absolute Gasteiger partial charge is 0.274 e. The van der Waals surface area contributed by atoms with Gasteiger partial charge >= 0.3 is 0 Å². The van der Waals surface area contributed by atoms with Gasteiger partial charge in [0.1, 0.15) is 0 Å². The molecule has 0 N–H and O–H groups in total. The Kier molecular flexibility index (Phi) is 6.15. The van der Waals surface area contributed by atoms with Gasteiger partial charge < -0.3 is 9.80 Å². The van der Waals surface area contributed by atoms with Crippen LogP contribution in [0.4, 0.5) is 0 Å². The first-order chi connectivity index (χ1) is 15.2. The van der Waals surface area contributed by atoms with Crippen molar-refractivity contribution in [1.29, 1.82) is 0 Å². The fourth-order valence-corrected chi connectivity index (χ4v) is 4.56. The molecule has 2 amide bonds. The summed E-state index contributed by atoms with van der Waals surface area (Å²) in [5.74, 6) is -0.0562. The van der Waals surface area contributed by atoms with Crippen LogP contribution >= 0.6 is 11.3 Å². The predicted molar refractivity (Wildman–Crippen MR) is 124 cm³/mol. The number of nitrogens with zero attached hydrogens (tertiary/aromatic N) is 5. The summed E-state index contributed by atoms with van der Waals surface area (Å²) in [7, 11) is 1.77. The minimum atomic E-state index is -0.469. The zero-order chi connectivity index (χ0) is 22.9. The fraction of sp³-hybridized carbons (Fsp3) is 0.417. The van der Waals surface area contributed by atoms with E-state index in [1.807, 2.05) is 53.9 Å². The van der Waals surface area contributed by atoms with E-state index in [0.29, 0.717) is 38.3 Å². The van der Waals surface area contributed by atoms with Crippen LogP contribution in [0.5, 0.6) is 0 Å². The topological polar surface area (TPSA) is 71.3 Å². The third-order valence-electron chi connectivity index (χ3n) is 5.67. The molecule has 1 aliphatic heterocycles. The van der Waals surface area contributed by atoms with Crippen molar-refractivity contribution in [2.45, 2.75) is 46.8 Å². The van der Waals surface area contributed by atoms with Crippen LogP contribution in [0.15, 0.2) is 41.2 Å². The van der Waals surface area contributed by atoms with Gasteiger partial charge in [-0.25, -0.2) is 4.98 Å². The van der Waals surface area contributed by atoms with E-state index in [0.717, 1.165) is 22.5 Å². The Labute approximate surface area is 192 Å². The SMILES string of the molecule is CN(Cc1cscn1)C(=O)c1nn(Cc2ccccc2)c2c1CN(C(=O)C(C)(C)C)CC2. The fourth-order valence-electron chi connectivity index (χ4n) is 4.01. The van der Waals surface area contributed by atoms with Crippen LogP contribution in [0.25, 0.3) is 0 Å². The van der Waals surface area contributed by atoms with Crippen LogP contribution in [0.3, 0.4) is 0 Å². The highest BCUT2D eigenvalue weighted by atomic mass is 32.1. The Morgan fingerprint density at radius 1 is 1.19 bits per heavy atom. The van der Waals surface area contributed by atoms with E-state index in [9.17, 15) is 9.59 Å².